The summed E-state index contributed by atoms with van der Waals surface area (Å²) < 4.78 is 4.64. The summed E-state index contributed by atoms with van der Waals surface area (Å²) in [6, 6.07) is 8.54. The number of aliphatic hydroxyl groups excluding tert-OH is 1. The quantitative estimate of drug-likeness (QED) is 0.819. The molecular weight excluding hydrogens is 244 g/mol. The number of carbonyl (C=O) groups excluding carboxylic acids is 1. The number of hydrogen-bond acceptors (Lipinski definition) is 4. The standard InChI is InChI=1S/C14H12N2O3/c17-9-4-3-6-11-5-1-2-7-12(11)14(18)15-13-8-10-19-16-13/h1-2,5,7-8,10,17H,4,9H2,(H,15,16,18). The molecule has 5 nitrogen and oxygen atoms in total. The molecule has 0 bridgehead atoms. The van der Waals surface area contributed by atoms with Crippen LogP contribution in [0.1, 0.15) is 22.3 Å². The Labute approximate surface area is 110 Å². The monoisotopic (exact) mass is 256 g/mol. The number of benzene rings is 1. The van der Waals surface area contributed by atoms with E-state index < -0.39 is 0 Å². The lowest BCUT2D eigenvalue weighted by Gasteiger charge is -2.03. The van der Waals surface area contributed by atoms with Crippen LogP contribution >= 0.6 is 0 Å². The van der Waals surface area contributed by atoms with E-state index in [1.165, 1.54) is 6.26 Å². The van der Waals surface area contributed by atoms with E-state index in [0.29, 0.717) is 23.4 Å². The Morgan fingerprint density at radius 1 is 1.37 bits per heavy atom. The van der Waals surface area contributed by atoms with E-state index in [0.717, 1.165) is 0 Å². The molecule has 0 atom stereocenters. The van der Waals surface area contributed by atoms with Crippen molar-refractivity contribution in [3.8, 4) is 11.8 Å². The lowest BCUT2D eigenvalue weighted by atomic mass is 10.1. The van der Waals surface area contributed by atoms with E-state index in [4.69, 9.17) is 5.11 Å². The Kier molecular flexibility index (Phi) is 4.32. The summed E-state index contributed by atoms with van der Waals surface area (Å²) in [5.41, 5.74) is 1.06. The summed E-state index contributed by atoms with van der Waals surface area (Å²) in [5.74, 6) is 5.70. The van der Waals surface area contributed by atoms with Gasteiger partial charge >= 0.3 is 0 Å². The van der Waals surface area contributed by atoms with Crippen LogP contribution in [0.3, 0.4) is 0 Å². The molecule has 1 aromatic heterocycles. The van der Waals surface area contributed by atoms with Crippen LogP contribution < -0.4 is 5.32 Å². The molecule has 0 aliphatic rings. The molecule has 0 fully saturated rings. The molecule has 5 heteroatoms. The van der Waals surface area contributed by atoms with E-state index in [2.05, 4.69) is 26.8 Å². The Morgan fingerprint density at radius 2 is 2.21 bits per heavy atom. The maximum absolute atomic E-state index is 12.1. The van der Waals surface area contributed by atoms with Crippen LogP contribution in [0.15, 0.2) is 41.1 Å². The second kappa shape index (κ2) is 6.38. The van der Waals surface area contributed by atoms with Gasteiger partial charge in [0.15, 0.2) is 5.82 Å². The largest absolute Gasteiger partial charge is 0.395 e. The lowest BCUT2D eigenvalue weighted by Crippen LogP contribution is -2.13. The predicted molar refractivity (Wildman–Crippen MR) is 69.5 cm³/mol. The zero-order valence-corrected chi connectivity index (χ0v) is 10.1. The number of amides is 1. The summed E-state index contributed by atoms with van der Waals surface area (Å²) >= 11 is 0. The fourth-order valence-corrected chi connectivity index (χ4v) is 1.46. The molecule has 0 aliphatic carbocycles. The zero-order chi connectivity index (χ0) is 13.5. The molecule has 0 saturated heterocycles. The molecule has 2 aromatic rings. The minimum Gasteiger partial charge on any atom is -0.395 e. The van der Waals surface area contributed by atoms with E-state index in [1.807, 2.05) is 0 Å². The number of aromatic nitrogens is 1. The van der Waals surface area contributed by atoms with Gasteiger partial charge in [0.25, 0.3) is 5.91 Å². The molecular formula is C14H12N2O3. The minimum atomic E-state index is -0.303. The predicted octanol–water partition coefficient (Wildman–Crippen LogP) is 1.66. The highest BCUT2D eigenvalue weighted by Gasteiger charge is 2.10. The van der Waals surface area contributed by atoms with Gasteiger partial charge in [-0.15, -0.1) is 0 Å². The third kappa shape index (κ3) is 3.44. The van der Waals surface area contributed by atoms with Gasteiger partial charge in [-0.2, -0.15) is 0 Å². The molecule has 0 radical (unpaired) electrons. The third-order valence-electron chi connectivity index (χ3n) is 2.31. The number of nitrogens with zero attached hydrogens (tertiary/aromatic N) is 1. The van der Waals surface area contributed by atoms with Crippen molar-refractivity contribution in [3.05, 3.63) is 47.7 Å². The summed E-state index contributed by atoms with van der Waals surface area (Å²) in [6.07, 6.45) is 1.75. The Morgan fingerprint density at radius 3 is 2.95 bits per heavy atom. The first-order chi connectivity index (χ1) is 9.31. The van der Waals surface area contributed by atoms with Gasteiger partial charge in [0.2, 0.25) is 0 Å². The molecule has 1 heterocycles. The van der Waals surface area contributed by atoms with Gasteiger partial charge in [0.1, 0.15) is 6.26 Å². The number of rotatable bonds is 3. The van der Waals surface area contributed by atoms with Crippen LogP contribution in [-0.2, 0) is 0 Å². The third-order valence-corrected chi connectivity index (χ3v) is 2.31. The maximum atomic E-state index is 12.1. The van der Waals surface area contributed by atoms with Crippen molar-refractivity contribution in [3.63, 3.8) is 0 Å². The maximum Gasteiger partial charge on any atom is 0.258 e. The van der Waals surface area contributed by atoms with Crippen LogP contribution in [0, 0.1) is 11.8 Å². The van der Waals surface area contributed by atoms with E-state index in [1.54, 1.807) is 30.3 Å². The summed E-state index contributed by atoms with van der Waals surface area (Å²) in [4.78, 5) is 12.1. The molecule has 1 aromatic carbocycles. The molecule has 0 spiro atoms. The first-order valence-electron chi connectivity index (χ1n) is 5.72. The van der Waals surface area contributed by atoms with Crippen LogP contribution in [0.5, 0.6) is 0 Å². The van der Waals surface area contributed by atoms with Crippen molar-refractivity contribution >= 4 is 11.7 Å². The molecule has 1 amide bonds. The fraction of sp³-hybridized carbons (Fsp3) is 0.143. The van der Waals surface area contributed by atoms with Gasteiger partial charge in [-0.25, -0.2) is 0 Å². The average molecular weight is 256 g/mol. The molecule has 2 rings (SSSR count). The smallest absolute Gasteiger partial charge is 0.258 e. The first kappa shape index (κ1) is 12.9. The SMILES string of the molecule is O=C(Nc1ccon1)c1ccccc1C#CCCO. The number of hydrogen-bond donors (Lipinski definition) is 2. The highest BCUT2D eigenvalue weighted by Crippen LogP contribution is 2.10. The number of anilines is 1. The summed E-state index contributed by atoms with van der Waals surface area (Å²) in [6.45, 7) is 0.000300. The van der Waals surface area contributed by atoms with Crippen LogP contribution in [-0.4, -0.2) is 22.8 Å². The van der Waals surface area contributed by atoms with Crippen LogP contribution in [0.2, 0.25) is 0 Å². The summed E-state index contributed by atoms with van der Waals surface area (Å²) in [5, 5.41) is 14.9. The van der Waals surface area contributed by atoms with Gasteiger partial charge in [-0.3, -0.25) is 4.79 Å². The normalized spacial score (nSPS) is 9.53. The van der Waals surface area contributed by atoms with Crippen molar-refractivity contribution in [2.24, 2.45) is 0 Å². The average Bonchev–Trinajstić information content (AvgIpc) is 2.92. The second-order valence-electron chi connectivity index (χ2n) is 3.66. The first-order valence-corrected chi connectivity index (χ1v) is 5.72. The van der Waals surface area contributed by atoms with Crippen LogP contribution in [0.4, 0.5) is 5.82 Å². The Bertz CT molecular complexity index is 609. The molecule has 0 unspecified atom stereocenters. The van der Waals surface area contributed by atoms with Crippen molar-refractivity contribution in [2.45, 2.75) is 6.42 Å². The van der Waals surface area contributed by atoms with Gasteiger partial charge in [0, 0.05) is 18.1 Å². The summed E-state index contributed by atoms with van der Waals surface area (Å²) in [7, 11) is 0. The van der Waals surface area contributed by atoms with Crippen molar-refractivity contribution in [2.75, 3.05) is 11.9 Å². The highest BCUT2D eigenvalue weighted by molar-refractivity contribution is 6.05. The Balaban J connectivity index is 2.20. The van der Waals surface area contributed by atoms with E-state index in [9.17, 15) is 4.79 Å². The van der Waals surface area contributed by atoms with Gasteiger partial charge in [0.05, 0.1) is 12.2 Å². The van der Waals surface area contributed by atoms with Gasteiger partial charge < -0.3 is 14.9 Å². The zero-order valence-electron chi connectivity index (χ0n) is 10.1. The number of aliphatic hydroxyl groups is 1. The fourth-order valence-electron chi connectivity index (χ4n) is 1.46. The van der Waals surface area contributed by atoms with E-state index in [-0.39, 0.29) is 12.5 Å². The molecule has 19 heavy (non-hydrogen) atoms. The Hall–Kier alpha value is -2.58. The highest BCUT2D eigenvalue weighted by atomic mass is 16.5. The topological polar surface area (TPSA) is 75.4 Å². The van der Waals surface area contributed by atoms with Crippen LogP contribution in [0.25, 0.3) is 0 Å². The number of carbonyl (C=O) groups is 1. The molecule has 0 aliphatic heterocycles. The van der Waals surface area contributed by atoms with Gasteiger partial charge in [-0.1, -0.05) is 29.1 Å². The molecule has 96 valence electrons. The molecule has 0 saturated carbocycles. The van der Waals surface area contributed by atoms with Crippen molar-refractivity contribution in [1.82, 2.24) is 5.16 Å². The lowest BCUT2D eigenvalue weighted by molar-refractivity contribution is 0.102. The molecule has 2 N–H and O–H groups in total. The van der Waals surface area contributed by atoms with E-state index >= 15 is 0 Å². The second-order valence-corrected chi connectivity index (χ2v) is 3.66. The number of nitrogens with one attached hydrogen (secondary N) is 1. The minimum absolute atomic E-state index is 0.000300. The van der Waals surface area contributed by atoms with Crippen molar-refractivity contribution in [1.29, 1.82) is 0 Å². The van der Waals surface area contributed by atoms with Gasteiger partial charge in [-0.05, 0) is 12.1 Å². The van der Waals surface area contributed by atoms with Crippen molar-refractivity contribution < 1.29 is 14.4 Å².